The SMILES string of the molecule is O=C1NC(=O)C2(CCCN(C(=O)c3ccnc(Br)c3)C2)N1. The van der Waals surface area contributed by atoms with Gasteiger partial charge in [-0.15, -0.1) is 0 Å². The molecule has 21 heavy (non-hydrogen) atoms. The molecule has 2 aliphatic heterocycles. The van der Waals surface area contributed by atoms with E-state index in [1.165, 1.54) is 0 Å². The molecule has 4 amide bonds. The maximum atomic E-state index is 12.5. The predicted octanol–water partition coefficient (Wildman–Crippen LogP) is 0.658. The zero-order valence-corrected chi connectivity index (χ0v) is 12.6. The highest BCUT2D eigenvalue weighted by molar-refractivity contribution is 9.10. The Balaban J connectivity index is 1.82. The number of amides is 4. The largest absolute Gasteiger partial charge is 0.336 e. The van der Waals surface area contributed by atoms with Crippen LogP contribution in [0.4, 0.5) is 4.79 Å². The molecule has 0 aliphatic carbocycles. The first-order chi connectivity index (χ1) is 10.00. The summed E-state index contributed by atoms with van der Waals surface area (Å²) in [5.41, 5.74) is -0.492. The normalized spacial score (nSPS) is 24.9. The van der Waals surface area contributed by atoms with E-state index in [0.717, 1.165) is 0 Å². The molecular weight excluding hydrogens is 340 g/mol. The summed E-state index contributed by atoms with van der Waals surface area (Å²) < 4.78 is 0.576. The zero-order valence-electron chi connectivity index (χ0n) is 11.1. The Hall–Kier alpha value is -1.96. The van der Waals surface area contributed by atoms with Crippen LogP contribution in [0, 0.1) is 0 Å². The molecule has 0 radical (unpaired) electrons. The lowest BCUT2D eigenvalue weighted by Crippen LogP contribution is -2.59. The van der Waals surface area contributed by atoms with E-state index in [1.807, 2.05) is 0 Å². The highest BCUT2D eigenvalue weighted by Crippen LogP contribution is 2.25. The third kappa shape index (κ3) is 2.51. The Labute approximate surface area is 129 Å². The van der Waals surface area contributed by atoms with E-state index in [4.69, 9.17) is 0 Å². The van der Waals surface area contributed by atoms with Gasteiger partial charge in [-0.25, -0.2) is 9.78 Å². The highest BCUT2D eigenvalue weighted by atomic mass is 79.9. The molecule has 2 aliphatic rings. The summed E-state index contributed by atoms with van der Waals surface area (Å²) in [5.74, 6) is -0.535. The first-order valence-corrected chi connectivity index (χ1v) is 7.34. The number of likely N-dealkylation sites (tertiary alicyclic amines) is 1. The fourth-order valence-electron chi connectivity index (χ4n) is 2.76. The maximum Gasteiger partial charge on any atom is 0.322 e. The Morgan fingerprint density at radius 2 is 2.24 bits per heavy atom. The summed E-state index contributed by atoms with van der Waals surface area (Å²) >= 11 is 3.23. The minimum Gasteiger partial charge on any atom is -0.336 e. The van der Waals surface area contributed by atoms with Crippen LogP contribution in [0.25, 0.3) is 0 Å². The molecule has 1 unspecified atom stereocenters. The molecule has 1 atom stereocenters. The van der Waals surface area contributed by atoms with Gasteiger partial charge in [0, 0.05) is 18.3 Å². The van der Waals surface area contributed by atoms with Crippen molar-refractivity contribution in [3.63, 3.8) is 0 Å². The monoisotopic (exact) mass is 352 g/mol. The first-order valence-electron chi connectivity index (χ1n) is 6.55. The van der Waals surface area contributed by atoms with E-state index in [0.29, 0.717) is 29.6 Å². The van der Waals surface area contributed by atoms with Crippen LogP contribution in [-0.4, -0.2) is 46.4 Å². The summed E-state index contributed by atoms with van der Waals surface area (Å²) in [6.45, 7) is 0.743. The van der Waals surface area contributed by atoms with Gasteiger partial charge in [-0.05, 0) is 40.9 Å². The first kappa shape index (κ1) is 14.0. The second-order valence-electron chi connectivity index (χ2n) is 5.19. The van der Waals surface area contributed by atoms with Crippen molar-refractivity contribution in [2.75, 3.05) is 13.1 Å². The minimum absolute atomic E-state index is 0.175. The second-order valence-corrected chi connectivity index (χ2v) is 6.00. The number of hydrogen-bond acceptors (Lipinski definition) is 4. The summed E-state index contributed by atoms with van der Waals surface area (Å²) in [6.07, 6.45) is 2.74. The lowest BCUT2D eigenvalue weighted by molar-refractivity contribution is -0.125. The zero-order chi connectivity index (χ0) is 15.0. The molecule has 8 heteroatoms. The van der Waals surface area contributed by atoms with Crippen molar-refractivity contribution in [2.24, 2.45) is 0 Å². The Morgan fingerprint density at radius 3 is 2.90 bits per heavy atom. The van der Waals surface area contributed by atoms with Crippen LogP contribution in [-0.2, 0) is 4.79 Å². The van der Waals surface area contributed by atoms with Gasteiger partial charge in [-0.3, -0.25) is 14.9 Å². The molecule has 0 saturated carbocycles. The molecule has 2 N–H and O–H groups in total. The molecule has 0 aromatic carbocycles. The highest BCUT2D eigenvalue weighted by Gasteiger charge is 2.49. The van der Waals surface area contributed by atoms with Gasteiger partial charge in [0.25, 0.3) is 11.8 Å². The third-order valence-electron chi connectivity index (χ3n) is 3.77. The molecule has 7 nitrogen and oxygen atoms in total. The number of nitrogens with one attached hydrogen (secondary N) is 2. The van der Waals surface area contributed by atoms with Crippen molar-refractivity contribution in [2.45, 2.75) is 18.4 Å². The summed E-state index contributed by atoms with van der Waals surface area (Å²) in [7, 11) is 0. The average Bonchev–Trinajstić information content (AvgIpc) is 2.72. The van der Waals surface area contributed by atoms with Gasteiger partial charge >= 0.3 is 6.03 Å². The fraction of sp³-hybridized carbons (Fsp3) is 0.385. The van der Waals surface area contributed by atoms with E-state index in [1.54, 1.807) is 23.2 Å². The van der Waals surface area contributed by atoms with Gasteiger partial charge < -0.3 is 10.2 Å². The number of urea groups is 1. The van der Waals surface area contributed by atoms with Crippen molar-refractivity contribution in [3.8, 4) is 0 Å². The van der Waals surface area contributed by atoms with Crippen molar-refractivity contribution < 1.29 is 14.4 Å². The van der Waals surface area contributed by atoms with Crippen LogP contribution in [0.2, 0.25) is 0 Å². The maximum absolute atomic E-state index is 12.5. The smallest absolute Gasteiger partial charge is 0.322 e. The summed E-state index contributed by atoms with van der Waals surface area (Å²) in [6, 6.07) is 2.76. The molecule has 1 aromatic rings. The van der Waals surface area contributed by atoms with Crippen LogP contribution in [0.15, 0.2) is 22.9 Å². The third-order valence-corrected chi connectivity index (χ3v) is 4.20. The number of piperidine rings is 1. The van der Waals surface area contributed by atoms with Crippen LogP contribution in [0.5, 0.6) is 0 Å². The number of pyridine rings is 1. The topological polar surface area (TPSA) is 91.4 Å². The van der Waals surface area contributed by atoms with Crippen LogP contribution >= 0.6 is 15.9 Å². The molecule has 110 valence electrons. The van der Waals surface area contributed by atoms with E-state index in [9.17, 15) is 14.4 Å². The Morgan fingerprint density at radius 1 is 1.43 bits per heavy atom. The van der Waals surface area contributed by atoms with Crippen LogP contribution in [0.1, 0.15) is 23.2 Å². The lowest BCUT2D eigenvalue weighted by Gasteiger charge is -2.38. The van der Waals surface area contributed by atoms with E-state index >= 15 is 0 Å². The van der Waals surface area contributed by atoms with Gasteiger partial charge in [-0.2, -0.15) is 0 Å². The minimum atomic E-state index is -0.991. The number of carbonyl (C=O) groups is 3. The molecule has 3 heterocycles. The molecule has 2 fully saturated rings. The van der Waals surface area contributed by atoms with Crippen molar-refractivity contribution >= 4 is 33.8 Å². The molecule has 3 rings (SSSR count). The Kier molecular flexibility index (Phi) is 3.40. The van der Waals surface area contributed by atoms with Gasteiger partial charge in [0.2, 0.25) is 0 Å². The average molecular weight is 353 g/mol. The summed E-state index contributed by atoms with van der Waals surface area (Å²) in [5, 5.41) is 4.89. The number of hydrogen-bond donors (Lipinski definition) is 2. The molecule has 0 bridgehead atoms. The van der Waals surface area contributed by atoms with Gasteiger partial charge in [-0.1, -0.05) is 0 Å². The molecular formula is C13H13BrN4O3. The Bertz CT molecular complexity index is 636. The van der Waals surface area contributed by atoms with Gasteiger partial charge in [0.05, 0.1) is 6.54 Å². The number of nitrogens with zero attached hydrogens (tertiary/aromatic N) is 2. The molecule has 1 aromatic heterocycles. The van der Waals surface area contributed by atoms with Crippen molar-refractivity contribution in [1.82, 2.24) is 20.5 Å². The van der Waals surface area contributed by atoms with E-state index < -0.39 is 11.6 Å². The molecule has 2 saturated heterocycles. The van der Waals surface area contributed by atoms with Crippen LogP contribution < -0.4 is 10.6 Å². The van der Waals surface area contributed by atoms with Gasteiger partial charge in [0.1, 0.15) is 10.1 Å². The quantitative estimate of drug-likeness (QED) is 0.573. The van der Waals surface area contributed by atoms with Crippen molar-refractivity contribution in [3.05, 3.63) is 28.5 Å². The second kappa shape index (κ2) is 5.10. The number of aromatic nitrogens is 1. The molecule has 1 spiro atoms. The van der Waals surface area contributed by atoms with Gasteiger partial charge in [0.15, 0.2) is 0 Å². The number of carbonyl (C=O) groups excluding carboxylic acids is 3. The summed E-state index contributed by atoms with van der Waals surface area (Å²) in [4.78, 5) is 41.4. The predicted molar refractivity (Wildman–Crippen MR) is 76.5 cm³/mol. The number of rotatable bonds is 1. The fourth-order valence-corrected chi connectivity index (χ4v) is 3.13. The standard InChI is InChI=1S/C13H13BrN4O3/c14-9-6-8(2-4-15-9)10(19)18-5-1-3-13(7-18)11(20)16-12(21)17-13/h2,4,6H,1,3,5,7H2,(H2,16,17,20,21). The number of halogens is 1. The lowest BCUT2D eigenvalue weighted by atomic mass is 9.89. The van der Waals surface area contributed by atoms with E-state index in [-0.39, 0.29) is 18.4 Å². The number of imide groups is 1. The van der Waals surface area contributed by atoms with E-state index in [2.05, 4.69) is 31.5 Å². The van der Waals surface area contributed by atoms with Crippen LogP contribution in [0.3, 0.4) is 0 Å². The van der Waals surface area contributed by atoms with Crippen molar-refractivity contribution in [1.29, 1.82) is 0 Å².